The lowest BCUT2D eigenvalue weighted by atomic mass is 9.79. The molecule has 0 radical (unpaired) electrons. The van der Waals surface area contributed by atoms with Gasteiger partial charge in [-0.1, -0.05) is 0 Å². The summed E-state index contributed by atoms with van der Waals surface area (Å²) in [5.74, 6) is 2.29. The number of rotatable bonds is 4. The van der Waals surface area contributed by atoms with Crippen molar-refractivity contribution < 1.29 is 9.53 Å². The van der Waals surface area contributed by atoms with Crippen LogP contribution < -0.4 is 0 Å². The maximum atomic E-state index is 12.4. The molecule has 2 aliphatic rings. The fourth-order valence-corrected chi connectivity index (χ4v) is 4.98. The summed E-state index contributed by atoms with van der Waals surface area (Å²) in [7, 11) is 0. The minimum Gasteiger partial charge on any atom is -0.466 e. The Hall–Kier alpha value is -1.01. The van der Waals surface area contributed by atoms with Gasteiger partial charge in [0, 0.05) is 30.5 Å². The first-order valence-corrected chi connectivity index (χ1v) is 8.89. The van der Waals surface area contributed by atoms with Crippen LogP contribution in [-0.2, 0) is 16.1 Å². The SMILES string of the molecule is CCOC(=O)C1CCN(Cc2ccn[nH]2)C12CCSCC2. The Labute approximate surface area is 129 Å². The topological polar surface area (TPSA) is 58.2 Å². The molecule has 6 heteroatoms. The van der Waals surface area contributed by atoms with E-state index in [2.05, 4.69) is 15.1 Å². The largest absolute Gasteiger partial charge is 0.466 e. The molecule has 0 saturated carbocycles. The molecule has 3 rings (SSSR count). The first-order chi connectivity index (χ1) is 10.3. The number of thioether (sulfide) groups is 1. The van der Waals surface area contributed by atoms with Crippen molar-refractivity contribution in [3.8, 4) is 0 Å². The summed E-state index contributed by atoms with van der Waals surface area (Å²) in [6.45, 7) is 4.17. The summed E-state index contributed by atoms with van der Waals surface area (Å²) in [6.07, 6.45) is 4.86. The number of hydrogen-bond donors (Lipinski definition) is 1. The number of H-pyrrole nitrogens is 1. The zero-order chi connectivity index (χ0) is 14.7. The number of carbonyl (C=O) groups is 1. The summed E-state index contributed by atoms with van der Waals surface area (Å²) >= 11 is 1.99. The first-order valence-electron chi connectivity index (χ1n) is 7.74. The normalized spacial score (nSPS) is 25.3. The maximum Gasteiger partial charge on any atom is 0.310 e. The van der Waals surface area contributed by atoms with Crippen molar-refractivity contribution >= 4 is 17.7 Å². The van der Waals surface area contributed by atoms with Gasteiger partial charge in [-0.15, -0.1) is 0 Å². The highest BCUT2D eigenvalue weighted by Gasteiger charge is 2.52. The van der Waals surface area contributed by atoms with Gasteiger partial charge in [-0.25, -0.2) is 0 Å². The Bertz CT molecular complexity index is 471. The summed E-state index contributed by atoms with van der Waals surface area (Å²) in [6, 6.07) is 2.02. The smallest absolute Gasteiger partial charge is 0.310 e. The summed E-state index contributed by atoms with van der Waals surface area (Å²) in [5.41, 5.74) is 1.11. The lowest BCUT2D eigenvalue weighted by molar-refractivity contribution is -0.151. The third-order valence-electron chi connectivity index (χ3n) is 4.82. The third kappa shape index (κ3) is 2.83. The number of esters is 1. The van der Waals surface area contributed by atoms with Gasteiger partial charge < -0.3 is 4.74 Å². The molecule has 1 unspecified atom stereocenters. The Balaban J connectivity index is 1.81. The predicted octanol–water partition coefficient (Wildman–Crippen LogP) is 2.06. The third-order valence-corrected chi connectivity index (χ3v) is 5.80. The molecule has 2 fully saturated rings. The van der Waals surface area contributed by atoms with E-state index in [0.717, 1.165) is 49.6 Å². The van der Waals surface area contributed by atoms with E-state index in [0.29, 0.717) is 6.61 Å². The standard InChI is InChI=1S/C15H23N3O2S/c1-2-20-14(19)13-4-8-18(11-12-3-7-16-17-12)15(13)5-9-21-10-6-15/h3,7,13H,2,4-6,8-11H2,1H3,(H,16,17). The van der Waals surface area contributed by atoms with E-state index in [1.807, 2.05) is 24.8 Å². The number of carbonyl (C=O) groups excluding carboxylic acids is 1. The predicted molar refractivity (Wildman–Crippen MR) is 83.0 cm³/mol. The quantitative estimate of drug-likeness (QED) is 0.863. The van der Waals surface area contributed by atoms with Crippen molar-refractivity contribution in [2.75, 3.05) is 24.7 Å². The van der Waals surface area contributed by atoms with Gasteiger partial charge in [-0.2, -0.15) is 16.9 Å². The van der Waals surface area contributed by atoms with Gasteiger partial charge in [-0.05, 0) is 43.8 Å². The number of likely N-dealkylation sites (tertiary alicyclic amines) is 1. The number of aromatic nitrogens is 2. The molecule has 1 spiro atoms. The Morgan fingerprint density at radius 1 is 1.57 bits per heavy atom. The highest BCUT2D eigenvalue weighted by Crippen LogP contribution is 2.45. The molecule has 2 aliphatic heterocycles. The van der Waals surface area contributed by atoms with Crippen molar-refractivity contribution in [2.24, 2.45) is 5.92 Å². The fraction of sp³-hybridized carbons (Fsp3) is 0.733. The van der Waals surface area contributed by atoms with E-state index in [4.69, 9.17) is 4.74 Å². The zero-order valence-electron chi connectivity index (χ0n) is 12.5. The summed E-state index contributed by atoms with van der Waals surface area (Å²) in [4.78, 5) is 14.9. The van der Waals surface area contributed by atoms with Crippen molar-refractivity contribution in [2.45, 2.75) is 38.3 Å². The van der Waals surface area contributed by atoms with Gasteiger partial charge in [0.05, 0.1) is 12.5 Å². The molecule has 5 nitrogen and oxygen atoms in total. The van der Waals surface area contributed by atoms with Crippen LogP contribution >= 0.6 is 11.8 Å². The number of nitrogens with one attached hydrogen (secondary N) is 1. The van der Waals surface area contributed by atoms with Crippen LogP contribution in [0.3, 0.4) is 0 Å². The Morgan fingerprint density at radius 2 is 2.38 bits per heavy atom. The van der Waals surface area contributed by atoms with E-state index in [1.54, 1.807) is 6.20 Å². The minimum atomic E-state index is -0.0113. The van der Waals surface area contributed by atoms with Crippen LogP contribution in [0, 0.1) is 5.92 Å². The van der Waals surface area contributed by atoms with E-state index in [1.165, 1.54) is 0 Å². The molecule has 3 heterocycles. The summed E-state index contributed by atoms with van der Waals surface area (Å²) in [5, 5.41) is 7.08. The maximum absolute atomic E-state index is 12.4. The van der Waals surface area contributed by atoms with Gasteiger partial charge in [0.25, 0.3) is 0 Å². The molecule has 2 saturated heterocycles. The Morgan fingerprint density at radius 3 is 3.05 bits per heavy atom. The second kappa shape index (κ2) is 6.40. The van der Waals surface area contributed by atoms with Crippen LogP contribution in [0.1, 0.15) is 31.9 Å². The zero-order valence-corrected chi connectivity index (χ0v) is 13.3. The molecule has 1 atom stereocenters. The molecular weight excluding hydrogens is 286 g/mol. The highest BCUT2D eigenvalue weighted by atomic mass is 32.2. The molecule has 0 aliphatic carbocycles. The first kappa shape index (κ1) is 14.9. The number of hydrogen-bond acceptors (Lipinski definition) is 5. The van der Waals surface area contributed by atoms with E-state index in [-0.39, 0.29) is 17.4 Å². The van der Waals surface area contributed by atoms with Gasteiger partial charge in [-0.3, -0.25) is 14.8 Å². The van der Waals surface area contributed by atoms with Gasteiger partial charge in [0.2, 0.25) is 0 Å². The molecule has 116 valence electrons. The van der Waals surface area contributed by atoms with Crippen LogP contribution in [0.5, 0.6) is 0 Å². The lowest BCUT2D eigenvalue weighted by Gasteiger charge is -2.44. The molecule has 0 bridgehead atoms. The molecule has 0 amide bonds. The lowest BCUT2D eigenvalue weighted by Crippen LogP contribution is -2.52. The molecule has 1 N–H and O–H groups in total. The van der Waals surface area contributed by atoms with Gasteiger partial charge in [0.15, 0.2) is 0 Å². The van der Waals surface area contributed by atoms with Crippen LogP contribution in [-0.4, -0.2) is 51.3 Å². The molecular formula is C15H23N3O2S. The van der Waals surface area contributed by atoms with Crippen LogP contribution in [0.25, 0.3) is 0 Å². The van der Waals surface area contributed by atoms with Crippen LogP contribution in [0.2, 0.25) is 0 Å². The molecule has 0 aromatic carbocycles. The van der Waals surface area contributed by atoms with Crippen molar-refractivity contribution in [3.05, 3.63) is 18.0 Å². The average molecular weight is 309 g/mol. The average Bonchev–Trinajstić information content (AvgIpc) is 3.11. The van der Waals surface area contributed by atoms with Crippen molar-refractivity contribution in [3.63, 3.8) is 0 Å². The van der Waals surface area contributed by atoms with Crippen LogP contribution in [0.4, 0.5) is 0 Å². The monoisotopic (exact) mass is 309 g/mol. The fourth-order valence-electron chi connectivity index (χ4n) is 3.78. The number of ether oxygens (including phenoxy) is 1. The van der Waals surface area contributed by atoms with Crippen molar-refractivity contribution in [1.82, 2.24) is 15.1 Å². The van der Waals surface area contributed by atoms with Gasteiger partial charge >= 0.3 is 5.97 Å². The summed E-state index contributed by atoms with van der Waals surface area (Å²) < 4.78 is 5.34. The molecule has 21 heavy (non-hydrogen) atoms. The number of aromatic amines is 1. The number of nitrogens with zero attached hydrogens (tertiary/aromatic N) is 2. The van der Waals surface area contributed by atoms with E-state index < -0.39 is 0 Å². The second-order valence-electron chi connectivity index (χ2n) is 5.81. The molecule has 1 aromatic rings. The van der Waals surface area contributed by atoms with E-state index >= 15 is 0 Å². The van der Waals surface area contributed by atoms with Crippen LogP contribution in [0.15, 0.2) is 12.3 Å². The molecule has 1 aromatic heterocycles. The highest BCUT2D eigenvalue weighted by molar-refractivity contribution is 7.99. The Kier molecular flexibility index (Phi) is 4.54. The van der Waals surface area contributed by atoms with E-state index in [9.17, 15) is 4.79 Å². The van der Waals surface area contributed by atoms with Gasteiger partial charge in [0.1, 0.15) is 0 Å². The minimum absolute atomic E-state index is 0.00323. The van der Waals surface area contributed by atoms with Crippen molar-refractivity contribution in [1.29, 1.82) is 0 Å². The second-order valence-corrected chi connectivity index (χ2v) is 7.04.